The first-order valence-corrected chi connectivity index (χ1v) is 11.2. The maximum absolute atomic E-state index is 13.1. The van der Waals surface area contributed by atoms with Crippen LogP contribution in [0.4, 0.5) is 5.69 Å². The van der Waals surface area contributed by atoms with Gasteiger partial charge in [0.2, 0.25) is 5.91 Å². The zero-order chi connectivity index (χ0) is 21.0. The summed E-state index contributed by atoms with van der Waals surface area (Å²) >= 11 is 0. The molecule has 4 bridgehead atoms. The molecule has 0 atom stereocenters. The molecule has 0 aliphatic heterocycles. The van der Waals surface area contributed by atoms with Crippen molar-refractivity contribution in [1.29, 1.82) is 0 Å². The Balaban J connectivity index is 1.33. The van der Waals surface area contributed by atoms with Crippen molar-refractivity contribution in [2.24, 2.45) is 24.8 Å². The molecule has 4 fully saturated rings. The van der Waals surface area contributed by atoms with E-state index in [1.54, 1.807) is 9.36 Å². The highest BCUT2D eigenvalue weighted by molar-refractivity contribution is 5.92. The molecule has 0 saturated heterocycles. The zero-order valence-electron chi connectivity index (χ0n) is 18.2. The van der Waals surface area contributed by atoms with Crippen molar-refractivity contribution in [3.8, 4) is 5.69 Å². The Hall–Kier alpha value is -2.34. The van der Waals surface area contributed by atoms with Gasteiger partial charge in [0.05, 0.1) is 17.9 Å². The fraction of sp³-hybridized carbons (Fsp3) is 0.583. The summed E-state index contributed by atoms with van der Waals surface area (Å²) in [5.41, 5.74) is 1.92. The van der Waals surface area contributed by atoms with Gasteiger partial charge in [-0.2, -0.15) is 0 Å². The van der Waals surface area contributed by atoms with Gasteiger partial charge in [-0.1, -0.05) is 18.2 Å². The van der Waals surface area contributed by atoms with E-state index in [-0.39, 0.29) is 17.0 Å². The number of para-hydroxylation sites is 1. The van der Waals surface area contributed by atoms with Crippen LogP contribution in [0.1, 0.15) is 44.2 Å². The van der Waals surface area contributed by atoms with E-state index < -0.39 is 0 Å². The first-order valence-electron chi connectivity index (χ1n) is 11.2. The van der Waals surface area contributed by atoms with Crippen LogP contribution in [-0.4, -0.2) is 39.3 Å². The Morgan fingerprint density at radius 3 is 2.23 bits per heavy atom. The molecule has 6 heteroatoms. The minimum atomic E-state index is -0.188. The zero-order valence-corrected chi connectivity index (χ0v) is 18.2. The summed E-state index contributed by atoms with van der Waals surface area (Å²) < 4.78 is 3.41. The van der Waals surface area contributed by atoms with Crippen LogP contribution >= 0.6 is 0 Å². The number of hydrogen-bond donors (Lipinski definition) is 1. The lowest BCUT2D eigenvalue weighted by molar-refractivity contribution is -0.123. The van der Waals surface area contributed by atoms with E-state index in [2.05, 4.69) is 17.3 Å². The van der Waals surface area contributed by atoms with Crippen molar-refractivity contribution in [2.75, 3.05) is 18.9 Å². The number of anilines is 1. The average molecular weight is 409 g/mol. The predicted octanol–water partition coefficient (Wildman–Crippen LogP) is 3.32. The van der Waals surface area contributed by atoms with Crippen LogP contribution in [0.2, 0.25) is 0 Å². The van der Waals surface area contributed by atoms with Gasteiger partial charge in [0.1, 0.15) is 5.69 Å². The van der Waals surface area contributed by atoms with Gasteiger partial charge in [-0.3, -0.25) is 19.2 Å². The van der Waals surface area contributed by atoms with Crippen molar-refractivity contribution >= 4 is 11.6 Å². The third kappa shape index (κ3) is 3.13. The van der Waals surface area contributed by atoms with Crippen molar-refractivity contribution in [1.82, 2.24) is 14.3 Å². The molecule has 30 heavy (non-hydrogen) atoms. The molecule has 4 aliphatic carbocycles. The van der Waals surface area contributed by atoms with Crippen molar-refractivity contribution < 1.29 is 4.79 Å². The highest BCUT2D eigenvalue weighted by Gasteiger charge is 2.52. The fourth-order valence-corrected chi connectivity index (χ4v) is 6.81. The predicted molar refractivity (Wildman–Crippen MR) is 118 cm³/mol. The summed E-state index contributed by atoms with van der Waals surface area (Å²) in [5, 5.41) is 2.94. The van der Waals surface area contributed by atoms with E-state index >= 15 is 0 Å². The van der Waals surface area contributed by atoms with Crippen LogP contribution in [0.15, 0.2) is 35.1 Å². The fourth-order valence-electron chi connectivity index (χ4n) is 6.81. The van der Waals surface area contributed by atoms with E-state index in [4.69, 9.17) is 0 Å². The van der Waals surface area contributed by atoms with Gasteiger partial charge in [0, 0.05) is 12.6 Å². The van der Waals surface area contributed by atoms with Crippen molar-refractivity contribution in [3.05, 3.63) is 46.4 Å². The smallest absolute Gasteiger partial charge is 0.295 e. The van der Waals surface area contributed by atoms with Crippen LogP contribution < -0.4 is 10.9 Å². The molecule has 1 N–H and O–H groups in total. The highest BCUT2D eigenvalue weighted by Crippen LogP contribution is 2.57. The molecule has 2 aromatic rings. The molecule has 1 amide bonds. The van der Waals surface area contributed by atoms with Gasteiger partial charge in [-0.25, -0.2) is 4.68 Å². The Morgan fingerprint density at radius 2 is 1.67 bits per heavy atom. The Bertz CT molecular complexity index is 985. The van der Waals surface area contributed by atoms with E-state index in [0.29, 0.717) is 12.2 Å². The SMILES string of the molecule is Cc1c(NC(=O)CN(C)C23CC4CC(CC(C4)C2)C3)c(=O)n(-c2ccccc2)n1C. The number of rotatable bonds is 5. The quantitative estimate of drug-likeness (QED) is 0.826. The molecule has 0 radical (unpaired) electrons. The number of carbonyl (C=O) groups excluding carboxylic acids is 1. The summed E-state index contributed by atoms with van der Waals surface area (Å²) in [4.78, 5) is 28.3. The van der Waals surface area contributed by atoms with Crippen LogP contribution in [0.5, 0.6) is 0 Å². The molecule has 1 aromatic heterocycles. The standard InChI is InChI=1S/C24H32N4O2/c1-16-22(23(30)28(27(16)3)20-7-5-4-6-8-20)25-21(29)15-26(2)24-12-17-9-18(13-24)11-19(10-17)14-24/h4-8,17-19H,9-15H2,1-3H3,(H,25,29). The average Bonchev–Trinajstić information content (AvgIpc) is 2.91. The summed E-state index contributed by atoms with van der Waals surface area (Å²) in [7, 11) is 3.95. The second kappa shape index (κ2) is 7.12. The first kappa shape index (κ1) is 19.6. The molecule has 6 rings (SSSR count). The molecular weight excluding hydrogens is 376 g/mol. The lowest BCUT2D eigenvalue weighted by Gasteiger charge is -2.59. The van der Waals surface area contributed by atoms with Gasteiger partial charge < -0.3 is 5.32 Å². The Kier molecular flexibility index (Phi) is 4.65. The second-order valence-electron chi connectivity index (χ2n) is 9.98. The van der Waals surface area contributed by atoms with Gasteiger partial charge in [-0.05, 0) is 82.4 Å². The summed E-state index contributed by atoms with van der Waals surface area (Å²) in [6.45, 7) is 2.21. The second-order valence-corrected chi connectivity index (χ2v) is 9.98. The van der Waals surface area contributed by atoms with Crippen molar-refractivity contribution in [3.63, 3.8) is 0 Å². The number of nitrogens with zero attached hydrogens (tertiary/aromatic N) is 3. The minimum Gasteiger partial charge on any atom is -0.319 e. The maximum atomic E-state index is 13.1. The maximum Gasteiger partial charge on any atom is 0.295 e. The van der Waals surface area contributed by atoms with Crippen LogP contribution in [-0.2, 0) is 11.8 Å². The Labute approximate surface area is 177 Å². The lowest BCUT2D eigenvalue weighted by atomic mass is 9.52. The largest absolute Gasteiger partial charge is 0.319 e. The minimum absolute atomic E-state index is 0.0979. The molecular formula is C24H32N4O2. The molecule has 0 unspecified atom stereocenters. The number of amides is 1. The van der Waals surface area contributed by atoms with Crippen LogP contribution in [0.3, 0.4) is 0 Å². The third-order valence-corrected chi connectivity index (χ3v) is 8.02. The van der Waals surface area contributed by atoms with Crippen LogP contribution in [0.25, 0.3) is 5.69 Å². The van der Waals surface area contributed by atoms with Gasteiger partial charge >= 0.3 is 0 Å². The lowest BCUT2D eigenvalue weighted by Crippen LogP contribution is -2.60. The number of benzene rings is 1. The number of nitrogens with one attached hydrogen (secondary N) is 1. The summed E-state index contributed by atoms with van der Waals surface area (Å²) in [6.07, 6.45) is 7.86. The molecule has 4 saturated carbocycles. The van der Waals surface area contributed by atoms with E-state index in [0.717, 1.165) is 29.1 Å². The number of hydrogen-bond acceptors (Lipinski definition) is 3. The summed E-state index contributed by atoms with van der Waals surface area (Å²) in [6, 6.07) is 9.53. The Morgan fingerprint density at radius 1 is 1.10 bits per heavy atom. The normalized spacial score (nSPS) is 29.5. The van der Waals surface area contributed by atoms with Crippen molar-refractivity contribution in [2.45, 2.75) is 51.0 Å². The van der Waals surface area contributed by atoms with E-state index in [9.17, 15) is 9.59 Å². The van der Waals surface area contributed by atoms with Gasteiger partial charge in [0.25, 0.3) is 5.56 Å². The highest BCUT2D eigenvalue weighted by atomic mass is 16.2. The topological polar surface area (TPSA) is 59.3 Å². The molecule has 1 heterocycles. The first-order chi connectivity index (χ1) is 14.4. The molecule has 160 valence electrons. The van der Waals surface area contributed by atoms with E-state index in [1.807, 2.05) is 44.3 Å². The molecule has 1 aromatic carbocycles. The molecule has 4 aliphatic rings. The third-order valence-electron chi connectivity index (χ3n) is 8.02. The number of aromatic nitrogens is 2. The van der Waals surface area contributed by atoms with Crippen LogP contribution in [0, 0.1) is 24.7 Å². The number of likely N-dealkylation sites (N-methyl/N-ethyl adjacent to an activating group) is 1. The van der Waals surface area contributed by atoms with E-state index in [1.165, 1.54) is 38.5 Å². The number of carbonyl (C=O) groups is 1. The summed E-state index contributed by atoms with van der Waals surface area (Å²) in [5.74, 6) is 2.43. The van der Waals surface area contributed by atoms with Gasteiger partial charge in [-0.15, -0.1) is 0 Å². The molecule has 6 nitrogen and oxygen atoms in total. The molecule has 0 spiro atoms. The van der Waals surface area contributed by atoms with Gasteiger partial charge in [0.15, 0.2) is 0 Å². The monoisotopic (exact) mass is 408 g/mol.